The third kappa shape index (κ3) is 1.84. The zero-order valence-electron chi connectivity index (χ0n) is 11.1. The zero-order chi connectivity index (χ0) is 13.4. The monoisotopic (exact) mass is 265 g/mol. The minimum atomic E-state index is 0.813. The highest BCUT2D eigenvalue weighted by atomic mass is 16.7. The van der Waals surface area contributed by atoms with Crippen molar-refractivity contribution in [2.45, 2.75) is 25.7 Å². The number of para-hydroxylation sites is 1. The van der Waals surface area contributed by atoms with Gasteiger partial charge in [0, 0.05) is 11.3 Å². The highest BCUT2D eigenvalue weighted by molar-refractivity contribution is 5.79. The van der Waals surface area contributed by atoms with Crippen molar-refractivity contribution in [2.75, 3.05) is 0 Å². The molecule has 2 aromatic heterocycles. The number of imidazole rings is 1. The van der Waals surface area contributed by atoms with Crippen molar-refractivity contribution in [1.82, 2.24) is 14.7 Å². The van der Waals surface area contributed by atoms with E-state index in [0.29, 0.717) is 0 Å². The molecule has 0 bridgehead atoms. The Morgan fingerprint density at radius 2 is 1.85 bits per heavy atom. The van der Waals surface area contributed by atoms with Crippen molar-refractivity contribution < 1.29 is 4.84 Å². The molecule has 0 spiro atoms. The van der Waals surface area contributed by atoms with Gasteiger partial charge in [-0.3, -0.25) is 4.98 Å². The van der Waals surface area contributed by atoms with Crippen LogP contribution in [0.4, 0.5) is 0 Å². The summed E-state index contributed by atoms with van der Waals surface area (Å²) in [5.41, 5.74) is 4.46. The van der Waals surface area contributed by atoms with Crippen LogP contribution in [-0.4, -0.2) is 14.7 Å². The number of fused-ring (bicyclic) bond motifs is 3. The Morgan fingerprint density at radius 1 is 1.00 bits per heavy atom. The minimum Gasteiger partial charge on any atom is -0.374 e. The maximum atomic E-state index is 5.92. The van der Waals surface area contributed by atoms with E-state index in [1.165, 1.54) is 24.1 Å². The minimum absolute atomic E-state index is 0.813. The standard InChI is InChI=1S/C16H15N3O/c1-2-6-12(7-3-1)20-19-11-18-15-10-17-14-9-5-4-8-13(14)16(15)19/h1-3,6-7,10-11H,4-5,8-9H2. The molecule has 0 saturated heterocycles. The first kappa shape index (κ1) is 11.5. The molecule has 20 heavy (non-hydrogen) atoms. The van der Waals surface area contributed by atoms with E-state index >= 15 is 0 Å². The lowest BCUT2D eigenvalue weighted by Gasteiger charge is -2.16. The lowest BCUT2D eigenvalue weighted by Crippen LogP contribution is -2.10. The molecule has 0 N–H and O–H groups in total. The highest BCUT2D eigenvalue weighted by Gasteiger charge is 2.18. The van der Waals surface area contributed by atoms with Crippen LogP contribution in [0.3, 0.4) is 0 Å². The Bertz CT molecular complexity index is 749. The molecule has 4 rings (SSSR count). The van der Waals surface area contributed by atoms with Gasteiger partial charge in [0.05, 0.1) is 6.20 Å². The molecular weight excluding hydrogens is 250 g/mol. The van der Waals surface area contributed by atoms with Gasteiger partial charge in [-0.2, -0.15) is 4.73 Å². The number of aromatic nitrogens is 3. The molecule has 4 nitrogen and oxygen atoms in total. The van der Waals surface area contributed by atoms with Crippen LogP contribution >= 0.6 is 0 Å². The molecule has 0 unspecified atom stereocenters. The summed E-state index contributed by atoms with van der Waals surface area (Å²) in [5.74, 6) is 0.813. The molecule has 0 saturated carbocycles. The van der Waals surface area contributed by atoms with Crippen molar-refractivity contribution in [3.05, 3.63) is 54.1 Å². The highest BCUT2D eigenvalue weighted by Crippen LogP contribution is 2.27. The van der Waals surface area contributed by atoms with Gasteiger partial charge in [-0.05, 0) is 37.8 Å². The lowest BCUT2D eigenvalue weighted by atomic mass is 9.95. The number of hydrogen-bond acceptors (Lipinski definition) is 3. The molecule has 1 aliphatic rings. The average molecular weight is 265 g/mol. The molecule has 100 valence electrons. The Kier molecular flexibility index (Phi) is 2.66. The van der Waals surface area contributed by atoms with E-state index in [-0.39, 0.29) is 0 Å². The first-order valence-electron chi connectivity index (χ1n) is 6.99. The molecule has 0 atom stereocenters. The summed E-state index contributed by atoms with van der Waals surface area (Å²) < 4.78 is 1.77. The van der Waals surface area contributed by atoms with Crippen LogP contribution in [0.2, 0.25) is 0 Å². The summed E-state index contributed by atoms with van der Waals surface area (Å²) in [6.07, 6.45) is 8.13. The van der Waals surface area contributed by atoms with Crippen LogP contribution in [0.25, 0.3) is 11.0 Å². The maximum absolute atomic E-state index is 5.92. The van der Waals surface area contributed by atoms with E-state index < -0.39 is 0 Å². The van der Waals surface area contributed by atoms with Crippen molar-refractivity contribution in [2.24, 2.45) is 0 Å². The van der Waals surface area contributed by atoms with Gasteiger partial charge in [-0.15, -0.1) is 0 Å². The molecule has 0 radical (unpaired) electrons. The molecule has 2 heterocycles. The summed E-state index contributed by atoms with van der Waals surface area (Å²) in [6.45, 7) is 0. The fourth-order valence-electron chi connectivity index (χ4n) is 2.82. The smallest absolute Gasteiger partial charge is 0.155 e. The average Bonchev–Trinajstić information content (AvgIpc) is 2.92. The second kappa shape index (κ2) is 4.63. The summed E-state index contributed by atoms with van der Waals surface area (Å²) in [5, 5.41) is 0. The number of aryl methyl sites for hydroxylation is 2. The van der Waals surface area contributed by atoms with Gasteiger partial charge in [0.2, 0.25) is 0 Å². The molecule has 3 aromatic rings. The lowest BCUT2D eigenvalue weighted by molar-refractivity contribution is 0.226. The van der Waals surface area contributed by atoms with Crippen molar-refractivity contribution in [1.29, 1.82) is 0 Å². The third-order valence-corrected chi connectivity index (χ3v) is 3.78. The number of hydrogen-bond donors (Lipinski definition) is 0. The van der Waals surface area contributed by atoms with Crippen LogP contribution in [0.1, 0.15) is 24.1 Å². The number of pyridine rings is 1. The Hall–Kier alpha value is -2.36. The molecule has 1 aliphatic carbocycles. The zero-order valence-corrected chi connectivity index (χ0v) is 11.1. The van der Waals surface area contributed by atoms with Gasteiger partial charge in [0.25, 0.3) is 0 Å². The fraction of sp³-hybridized carbons (Fsp3) is 0.250. The maximum Gasteiger partial charge on any atom is 0.155 e. The predicted octanol–water partition coefficient (Wildman–Crippen LogP) is 3.15. The van der Waals surface area contributed by atoms with Crippen molar-refractivity contribution >= 4 is 11.0 Å². The second-order valence-electron chi connectivity index (χ2n) is 5.10. The van der Waals surface area contributed by atoms with Gasteiger partial charge in [0.15, 0.2) is 5.75 Å². The van der Waals surface area contributed by atoms with Gasteiger partial charge >= 0.3 is 0 Å². The summed E-state index contributed by atoms with van der Waals surface area (Å²) in [6, 6.07) is 9.79. The molecular formula is C16H15N3O. The van der Waals surface area contributed by atoms with E-state index in [1.807, 2.05) is 36.5 Å². The van der Waals surface area contributed by atoms with Crippen molar-refractivity contribution in [3.8, 4) is 5.75 Å². The van der Waals surface area contributed by atoms with Crippen LogP contribution in [0.5, 0.6) is 5.75 Å². The Labute approximate surface area is 117 Å². The van der Waals surface area contributed by atoms with E-state index in [9.17, 15) is 0 Å². The van der Waals surface area contributed by atoms with Crippen LogP contribution < -0.4 is 4.84 Å². The quantitative estimate of drug-likeness (QED) is 0.714. The van der Waals surface area contributed by atoms with E-state index in [1.54, 1.807) is 11.1 Å². The Morgan fingerprint density at radius 3 is 2.75 bits per heavy atom. The van der Waals surface area contributed by atoms with E-state index in [4.69, 9.17) is 4.84 Å². The molecule has 4 heteroatoms. The van der Waals surface area contributed by atoms with Crippen LogP contribution in [0, 0.1) is 0 Å². The molecule has 0 amide bonds. The van der Waals surface area contributed by atoms with Gasteiger partial charge in [-0.25, -0.2) is 4.98 Å². The first-order chi connectivity index (χ1) is 9.92. The number of rotatable bonds is 2. The largest absolute Gasteiger partial charge is 0.374 e. The van der Waals surface area contributed by atoms with E-state index in [0.717, 1.165) is 29.6 Å². The van der Waals surface area contributed by atoms with Gasteiger partial charge in [-0.1, -0.05) is 18.2 Å². The SMILES string of the molecule is c1ccc(On2cnc3cnc4c(c32)CCCC4)cc1. The van der Waals surface area contributed by atoms with Crippen LogP contribution in [-0.2, 0) is 12.8 Å². The Balaban J connectivity index is 1.84. The topological polar surface area (TPSA) is 39.9 Å². The summed E-state index contributed by atoms with van der Waals surface area (Å²) in [4.78, 5) is 14.9. The van der Waals surface area contributed by atoms with Crippen molar-refractivity contribution in [3.63, 3.8) is 0 Å². The summed E-state index contributed by atoms with van der Waals surface area (Å²) in [7, 11) is 0. The molecule has 1 aromatic carbocycles. The first-order valence-corrected chi connectivity index (χ1v) is 6.99. The number of benzene rings is 1. The van der Waals surface area contributed by atoms with Gasteiger partial charge < -0.3 is 4.84 Å². The predicted molar refractivity (Wildman–Crippen MR) is 76.6 cm³/mol. The third-order valence-electron chi connectivity index (χ3n) is 3.78. The second-order valence-corrected chi connectivity index (χ2v) is 5.10. The number of nitrogens with zero attached hydrogens (tertiary/aromatic N) is 3. The van der Waals surface area contributed by atoms with E-state index in [2.05, 4.69) is 9.97 Å². The molecule has 0 aliphatic heterocycles. The van der Waals surface area contributed by atoms with Crippen LogP contribution in [0.15, 0.2) is 42.9 Å². The molecule has 0 fully saturated rings. The fourth-order valence-corrected chi connectivity index (χ4v) is 2.82. The normalized spacial score (nSPS) is 14.2. The summed E-state index contributed by atoms with van der Waals surface area (Å²) >= 11 is 0. The van der Waals surface area contributed by atoms with Gasteiger partial charge in [0.1, 0.15) is 17.4 Å².